The lowest BCUT2D eigenvalue weighted by atomic mass is 10.3. The summed E-state index contributed by atoms with van der Waals surface area (Å²) in [5.41, 5.74) is 0. The molecule has 0 aromatic heterocycles. The zero-order valence-corrected chi connectivity index (χ0v) is 8.75. The Labute approximate surface area is 84.0 Å². The van der Waals surface area contributed by atoms with Crippen molar-refractivity contribution in [2.45, 2.75) is 6.42 Å². The first kappa shape index (κ1) is 11.0. The smallest absolute Gasteiger partial charge is 0.311 e. The molecule has 0 atom stereocenters. The molecule has 1 saturated heterocycles. The van der Waals surface area contributed by atoms with Crippen LogP contribution in [0.15, 0.2) is 0 Å². The molecule has 0 spiro atoms. The molecule has 1 aliphatic heterocycles. The third-order valence-electron chi connectivity index (χ3n) is 2.18. The van der Waals surface area contributed by atoms with Crippen LogP contribution in [0.5, 0.6) is 0 Å². The van der Waals surface area contributed by atoms with E-state index in [0.29, 0.717) is 19.6 Å². The van der Waals surface area contributed by atoms with E-state index in [2.05, 4.69) is 10.2 Å². The first-order valence-electron chi connectivity index (χ1n) is 4.83. The third-order valence-corrected chi connectivity index (χ3v) is 2.18. The van der Waals surface area contributed by atoms with E-state index >= 15 is 0 Å². The highest BCUT2D eigenvalue weighted by molar-refractivity contribution is 6.35. The van der Waals surface area contributed by atoms with Gasteiger partial charge in [0.05, 0.1) is 0 Å². The second kappa shape index (κ2) is 4.95. The number of amides is 2. The normalized spacial score (nSPS) is 17.5. The zero-order valence-electron chi connectivity index (χ0n) is 8.75. The van der Waals surface area contributed by atoms with Gasteiger partial charge >= 0.3 is 11.8 Å². The number of rotatable bonds is 4. The van der Waals surface area contributed by atoms with E-state index in [1.807, 2.05) is 14.1 Å². The lowest BCUT2D eigenvalue weighted by Gasteiger charge is -2.26. The molecule has 0 aromatic carbocycles. The van der Waals surface area contributed by atoms with Gasteiger partial charge in [0.25, 0.3) is 0 Å². The van der Waals surface area contributed by atoms with Gasteiger partial charge in [-0.25, -0.2) is 0 Å². The van der Waals surface area contributed by atoms with Gasteiger partial charge in [0.1, 0.15) is 0 Å². The highest BCUT2D eigenvalue weighted by atomic mass is 16.2. The molecule has 0 radical (unpaired) electrons. The monoisotopic (exact) mass is 199 g/mol. The van der Waals surface area contributed by atoms with E-state index in [-0.39, 0.29) is 0 Å². The first-order chi connectivity index (χ1) is 6.61. The predicted octanol–water partition coefficient (Wildman–Crippen LogP) is -1.10. The summed E-state index contributed by atoms with van der Waals surface area (Å²) in [5, 5.41) is 2.52. The van der Waals surface area contributed by atoms with Crippen LogP contribution in [-0.4, -0.2) is 61.9 Å². The number of nitrogens with one attached hydrogen (secondary N) is 1. The van der Waals surface area contributed by atoms with Crippen molar-refractivity contribution in [1.29, 1.82) is 0 Å². The third kappa shape index (κ3) is 2.99. The van der Waals surface area contributed by atoms with Gasteiger partial charge in [-0.15, -0.1) is 0 Å². The maximum Gasteiger partial charge on any atom is 0.311 e. The summed E-state index contributed by atoms with van der Waals surface area (Å²) < 4.78 is 0. The minimum absolute atomic E-state index is 0.394. The van der Waals surface area contributed by atoms with Gasteiger partial charge < -0.3 is 15.1 Å². The number of nitrogens with zero attached hydrogens (tertiary/aromatic N) is 2. The largest absolute Gasteiger partial charge is 0.346 e. The lowest BCUT2D eigenvalue weighted by molar-refractivity contribution is -0.148. The van der Waals surface area contributed by atoms with Gasteiger partial charge in [0.15, 0.2) is 0 Å². The Hall–Kier alpha value is -1.10. The van der Waals surface area contributed by atoms with Crippen molar-refractivity contribution in [1.82, 2.24) is 15.1 Å². The molecule has 0 unspecified atom stereocenters. The fourth-order valence-corrected chi connectivity index (χ4v) is 1.42. The maximum atomic E-state index is 11.3. The Balaban J connectivity index is 2.29. The molecule has 5 nitrogen and oxygen atoms in total. The maximum absolute atomic E-state index is 11.3. The van der Waals surface area contributed by atoms with Crippen molar-refractivity contribution in [2.24, 2.45) is 0 Å². The summed E-state index contributed by atoms with van der Waals surface area (Å²) in [4.78, 5) is 26.0. The number of hydrogen-bond donors (Lipinski definition) is 1. The van der Waals surface area contributed by atoms with Crippen LogP contribution in [-0.2, 0) is 9.59 Å². The first-order valence-corrected chi connectivity index (χ1v) is 4.83. The fourth-order valence-electron chi connectivity index (χ4n) is 1.42. The molecular weight excluding hydrogens is 182 g/mol. The Morgan fingerprint density at radius 3 is 2.79 bits per heavy atom. The van der Waals surface area contributed by atoms with E-state index in [0.717, 1.165) is 13.0 Å². The van der Waals surface area contributed by atoms with Crippen molar-refractivity contribution in [3.8, 4) is 0 Å². The molecule has 1 rings (SSSR count). The van der Waals surface area contributed by atoms with Gasteiger partial charge in [0, 0.05) is 19.6 Å². The highest BCUT2D eigenvalue weighted by Gasteiger charge is 2.25. The Bertz CT molecular complexity index is 228. The van der Waals surface area contributed by atoms with E-state index < -0.39 is 11.8 Å². The Morgan fingerprint density at radius 2 is 2.14 bits per heavy atom. The summed E-state index contributed by atoms with van der Waals surface area (Å²) in [6, 6.07) is 0. The molecule has 1 heterocycles. The molecule has 1 N–H and O–H groups in total. The van der Waals surface area contributed by atoms with Crippen molar-refractivity contribution in [2.75, 3.05) is 40.3 Å². The van der Waals surface area contributed by atoms with Gasteiger partial charge in [-0.1, -0.05) is 0 Å². The standard InChI is InChI=1S/C9H17N3O2/c1-11(2)5-3-6-12-7-4-10-8(13)9(12)14/h3-7H2,1-2H3,(H,10,13). The molecule has 0 bridgehead atoms. The van der Waals surface area contributed by atoms with Crippen molar-refractivity contribution in [3.63, 3.8) is 0 Å². The average Bonchev–Trinajstić information content (AvgIpc) is 2.12. The molecule has 1 fully saturated rings. The molecule has 14 heavy (non-hydrogen) atoms. The summed E-state index contributed by atoms with van der Waals surface area (Å²) in [6.07, 6.45) is 0.909. The molecule has 1 aliphatic rings. The predicted molar refractivity (Wildman–Crippen MR) is 52.8 cm³/mol. The van der Waals surface area contributed by atoms with Crippen LogP contribution in [0.1, 0.15) is 6.42 Å². The van der Waals surface area contributed by atoms with Crippen molar-refractivity contribution in [3.05, 3.63) is 0 Å². The minimum Gasteiger partial charge on any atom is -0.346 e. The Kier molecular flexibility index (Phi) is 3.88. The highest BCUT2D eigenvalue weighted by Crippen LogP contribution is 1.97. The SMILES string of the molecule is CN(C)CCCN1CCNC(=O)C1=O. The molecule has 0 aliphatic carbocycles. The van der Waals surface area contributed by atoms with Crippen LogP contribution in [0.4, 0.5) is 0 Å². The summed E-state index contributed by atoms with van der Waals surface area (Å²) in [6.45, 7) is 2.82. The number of carbonyl (C=O) groups excluding carboxylic acids is 2. The minimum atomic E-state index is -0.471. The summed E-state index contributed by atoms with van der Waals surface area (Å²) in [5.74, 6) is -0.865. The van der Waals surface area contributed by atoms with E-state index in [1.165, 1.54) is 0 Å². The van der Waals surface area contributed by atoms with E-state index in [1.54, 1.807) is 4.90 Å². The van der Waals surface area contributed by atoms with E-state index in [4.69, 9.17) is 0 Å². The van der Waals surface area contributed by atoms with Crippen LogP contribution >= 0.6 is 0 Å². The van der Waals surface area contributed by atoms with Crippen LogP contribution in [0.25, 0.3) is 0 Å². The topological polar surface area (TPSA) is 52.6 Å². The second-order valence-electron chi connectivity index (χ2n) is 3.70. The Morgan fingerprint density at radius 1 is 1.43 bits per heavy atom. The van der Waals surface area contributed by atoms with Crippen LogP contribution in [0.2, 0.25) is 0 Å². The molecule has 80 valence electrons. The van der Waals surface area contributed by atoms with Gasteiger partial charge in [0.2, 0.25) is 0 Å². The number of carbonyl (C=O) groups is 2. The molecule has 2 amide bonds. The lowest BCUT2D eigenvalue weighted by Crippen LogP contribution is -2.52. The van der Waals surface area contributed by atoms with Crippen LogP contribution in [0.3, 0.4) is 0 Å². The zero-order chi connectivity index (χ0) is 10.6. The second-order valence-corrected chi connectivity index (χ2v) is 3.70. The van der Waals surface area contributed by atoms with E-state index in [9.17, 15) is 9.59 Å². The molecule has 0 aromatic rings. The van der Waals surface area contributed by atoms with Crippen molar-refractivity contribution < 1.29 is 9.59 Å². The fraction of sp³-hybridized carbons (Fsp3) is 0.778. The molecular formula is C9H17N3O2. The van der Waals surface area contributed by atoms with Gasteiger partial charge in [-0.3, -0.25) is 9.59 Å². The van der Waals surface area contributed by atoms with Crippen molar-refractivity contribution >= 4 is 11.8 Å². The van der Waals surface area contributed by atoms with Crippen LogP contribution < -0.4 is 5.32 Å². The summed E-state index contributed by atoms with van der Waals surface area (Å²) >= 11 is 0. The molecule has 5 heteroatoms. The average molecular weight is 199 g/mol. The number of hydrogen-bond acceptors (Lipinski definition) is 3. The summed E-state index contributed by atoms with van der Waals surface area (Å²) in [7, 11) is 3.98. The van der Waals surface area contributed by atoms with Gasteiger partial charge in [-0.2, -0.15) is 0 Å². The quantitative estimate of drug-likeness (QED) is 0.585. The van der Waals surface area contributed by atoms with Crippen LogP contribution in [0, 0.1) is 0 Å². The molecule has 0 saturated carbocycles. The number of piperazine rings is 1. The van der Waals surface area contributed by atoms with Gasteiger partial charge in [-0.05, 0) is 27.1 Å².